The maximum absolute atomic E-state index is 12.0. The van der Waals surface area contributed by atoms with Crippen LogP contribution in [-0.4, -0.2) is 23.1 Å². The van der Waals surface area contributed by atoms with Crippen molar-refractivity contribution in [2.75, 3.05) is 6.54 Å². The van der Waals surface area contributed by atoms with Crippen LogP contribution in [0.15, 0.2) is 4.52 Å². The largest absolute Gasteiger partial charge is 0.361 e. The van der Waals surface area contributed by atoms with Crippen LogP contribution in [-0.2, 0) is 11.2 Å². The molecule has 0 aliphatic heterocycles. The highest BCUT2D eigenvalue weighted by Crippen LogP contribution is 2.25. The Morgan fingerprint density at radius 2 is 2.05 bits per heavy atom. The van der Waals surface area contributed by atoms with Gasteiger partial charge in [0.2, 0.25) is 5.91 Å². The number of carbonyl (C=O) groups is 1. The van der Waals surface area contributed by atoms with Gasteiger partial charge in [-0.15, -0.1) is 0 Å². The van der Waals surface area contributed by atoms with Crippen LogP contribution >= 0.6 is 0 Å². The van der Waals surface area contributed by atoms with Gasteiger partial charge in [0.25, 0.3) is 0 Å². The normalized spacial score (nSPS) is 18.3. The molecule has 3 N–H and O–H groups in total. The number of hydrogen-bond donors (Lipinski definition) is 2. The molecule has 1 aliphatic carbocycles. The number of hydrogen-bond acceptors (Lipinski definition) is 4. The van der Waals surface area contributed by atoms with Gasteiger partial charge in [0.15, 0.2) is 0 Å². The molecule has 0 atom stereocenters. The number of aromatic nitrogens is 1. The minimum atomic E-state index is -0.216. The van der Waals surface area contributed by atoms with E-state index in [1.54, 1.807) is 0 Å². The first-order valence-electron chi connectivity index (χ1n) is 6.97. The van der Waals surface area contributed by atoms with Crippen molar-refractivity contribution in [2.45, 2.75) is 57.9 Å². The maximum atomic E-state index is 12.0. The van der Waals surface area contributed by atoms with Crippen molar-refractivity contribution in [3.8, 4) is 0 Å². The summed E-state index contributed by atoms with van der Waals surface area (Å²) in [5.41, 5.74) is 7.75. The topological polar surface area (TPSA) is 81.2 Å². The summed E-state index contributed by atoms with van der Waals surface area (Å²) >= 11 is 0. The van der Waals surface area contributed by atoms with Crippen molar-refractivity contribution in [3.63, 3.8) is 0 Å². The standard InChI is InChI=1S/C14H23N3O2/c1-10-12(11(2)19-17-10)8-13(18)16-9-14(15)6-4-3-5-7-14/h3-9,15H2,1-2H3,(H,16,18). The van der Waals surface area contributed by atoms with E-state index in [0.717, 1.165) is 36.9 Å². The van der Waals surface area contributed by atoms with E-state index in [1.165, 1.54) is 6.42 Å². The van der Waals surface area contributed by atoms with Crippen LogP contribution < -0.4 is 11.1 Å². The molecule has 1 fully saturated rings. The smallest absolute Gasteiger partial charge is 0.224 e. The van der Waals surface area contributed by atoms with Crippen molar-refractivity contribution >= 4 is 5.91 Å². The lowest BCUT2D eigenvalue weighted by Gasteiger charge is -2.33. The van der Waals surface area contributed by atoms with Crippen LogP contribution in [0.4, 0.5) is 0 Å². The number of carbonyl (C=O) groups excluding carboxylic acids is 1. The predicted molar refractivity (Wildman–Crippen MR) is 72.7 cm³/mol. The minimum absolute atomic E-state index is 0.00945. The fourth-order valence-electron chi connectivity index (χ4n) is 2.68. The summed E-state index contributed by atoms with van der Waals surface area (Å²) in [5.74, 6) is 0.706. The summed E-state index contributed by atoms with van der Waals surface area (Å²) in [7, 11) is 0. The molecular formula is C14H23N3O2. The zero-order valence-corrected chi connectivity index (χ0v) is 11.8. The second-order valence-corrected chi connectivity index (χ2v) is 5.68. The highest BCUT2D eigenvalue weighted by molar-refractivity contribution is 5.79. The quantitative estimate of drug-likeness (QED) is 0.866. The number of nitrogens with zero attached hydrogens (tertiary/aromatic N) is 1. The van der Waals surface area contributed by atoms with Gasteiger partial charge in [0.05, 0.1) is 12.1 Å². The van der Waals surface area contributed by atoms with Crippen LogP contribution in [0.1, 0.15) is 49.1 Å². The third-order valence-corrected chi connectivity index (χ3v) is 4.01. The van der Waals surface area contributed by atoms with Crippen LogP contribution in [0.2, 0.25) is 0 Å². The first-order valence-corrected chi connectivity index (χ1v) is 6.97. The number of rotatable bonds is 4. The lowest BCUT2D eigenvalue weighted by atomic mass is 9.82. The van der Waals surface area contributed by atoms with E-state index in [4.69, 9.17) is 10.3 Å². The van der Waals surface area contributed by atoms with E-state index >= 15 is 0 Å². The molecule has 1 aromatic rings. The van der Waals surface area contributed by atoms with Gasteiger partial charge in [-0.05, 0) is 26.7 Å². The molecule has 0 radical (unpaired) electrons. The van der Waals surface area contributed by atoms with Gasteiger partial charge in [0.1, 0.15) is 5.76 Å². The number of amides is 1. The van der Waals surface area contributed by atoms with E-state index < -0.39 is 0 Å². The summed E-state index contributed by atoms with van der Waals surface area (Å²) in [5, 5.41) is 6.81. The first kappa shape index (κ1) is 14.1. The molecule has 2 rings (SSSR count). The second-order valence-electron chi connectivity index (χ2n) is 5.68. The van der Waals surface area contributed by atoms with Gasteiger partial charge in [-0.25, -0.2) is 0 Å². The monoisotopic (exact) mass is 265 g/mol. The Morgan fingerprint density at radius 3 is 2.63 bits per heavy atom. The zero-order chi connectivity index (χ0) is 13.9. The molecule has 0 saturated heterocycles. The van der Waals surface area contributed by atoms with Crippen LogP contribution in [0.5, 0.6) is 0 Å². The molecular weight excluding hydrogens is 242 g/mol. The zero-order valence-electron chi connectivity index (χ0n) is 11.8. The second kappa shape index (κ2) is 5.74. The summed E-state index contributed by atoms with van der Waals surface area (Å²) in [6.07, 6.45) is 5.90. The molecule has 1 aromatic heterocycles. The molecule has 0 bridgehead atoms. The van der Waals surface area contributed by atoms with Crippen molar-refractivity contribution in [3.05, 3.63) is 17.0 Å². The molecule has 1 saturated carbocycles. The van der Waals surface area contributed by atoms with Crippen molar-refractivity contribution in [1.29, 1.82) is 0 Å². The Kier molecular flexibility index (Phi) is 4.24. The van der Waals surface area contributed by atoms with Gasteiger partial charge in [-0.3, -0.25) is 4.79 Å². The Labute approximate surface area is 113 Å². The summed E-state index contributed by atoms with van der Waals surface area (Å²) < 4.78 is 5.06. The predicted octanol–water partition coefficient (Wildman–Crippen LogP) is 1.61. The van der Waals surface area contributed by atoms with E-state index in [9.17, 15) is 4.79 Å². The summed E-state index contributed by atoms with van der Waals surface area (Å²) in [6, 6.07) is 0. The van der Waals surface area contributed by atoms with Gasteiger partial charge in [-0.2, -0.15) is 0 Å². The fourth-order valence-corrected chi connectivity index (χ4v) is 2.68. The van der Waals surface area contributed by atoms with Crippen molar-refractivity contribution < 1.29 is 9.32 Å². The van der Waals surface area contributed by atoms with Crippen LogP contribution in [0.3, 0.4) is 0 Å². The third-order valence-electron chi connectivity index (χ3n) is 4.01. The highest BCUT2D eigenvalue weighted by atomic mass is 16.5. The van der Waals surface area contributed by atoms with Gasteiger partial charge >= 0.3 is 0 Å². The van der Waals surface area contributed by atoms with E-state index in [0.29, 0.717) is 18.7 Å². The summed E-state index contributed by atoms with van der Waals surface area (Å²) in [4.78, 5) is 12.0. The average molecular weight is 265 g/mol. The Bertz CT molecular complexity index is 428. The molecule has 5 nitrogen and oxygen atoms in total. The van der Waals surface area contributed by atoms with Crippen LogP contribution in [0.25, 0.3) is 0 Å². The van der Waals surface area contributed by atoms with Gasteiger partial charge in [0, 0.05) is 17.6 Å². The van der Waals surface area contributed by atoms with E-state index in [1.807, 2.05) is 13.8 Å². The Morgan fingerprint density at radius 1 is 1.37 bits per heavy atom. The Hall–Kier alpha value is -1.36. The van der Waals surface area contributed by atoms with Gasteiger partial charge in [-0.1, -0.05) is 24.4 Å². The SMILES string of the molecule is Cc1noc(C)c1CC(=O)NCC1(N)CCCCC1. The van der Waals surface area contributed by atoms with Crippen molar-refractivity contribution in [2.24, 2.45) is 5.73 Å². The number of aryl methyl sites for hydroxylation is 2. The summed E-state index contributed by atoms with van der Waals surface area (Å²) in [6.45, 7) is 4.24. The molecule has 19 heavy (non-hydrogen) atoms. The average Bonchev–Trinajstić information content (AvgIpc) is 2.69. The lowest BCUT2D eigenvalue weighted by molar-refractivity contribution is -0.120. The number of nitrogens with two attached hydrogens (primary N) is 1. The van der Waals surface area contributed by atoms with Gasteiger partial charge < -0.3 is 15.6 Å². The molecule has 1 amide bonds. The first-order chi connectivity index (χ1) is 9.00. The molecule has 0 unspecified atom stereocenters. The molecule has 1 aliphatic rings. The van der Waals surface area contributed by atoms with Crippen LogP contribution in [0, 0.1) is 13.8 Å². The van der Waals surface area contributed by atoms with E-state index in [2.05, 4.69) is 10.5 Å². The maximum Gasteiger partial charge on any atom is 0.224 e. The van der Waals surface area contributed by atoms with E-state index in [-0.39, 0.29) is 11.4 Å². The number of nitrogens with one attached hydrogen (secondary N) is 1. The molecule has 5 heteroatoms. The molecule has 0 aromatic carbocycles. The Balaban J connectivity index is 1.85. The minimum Gasteiger partial charge on any atom is -0.361 e. The molecule has 106 valence electrons. The lowest BCUT2D eigenvalue weighted by Crippen LogP contribution is -2.51. The molecule has 0 spiro atoms. The molecule has 1 heterocycles. The third kappa shape index (κ3) is 3.56. The van der Waals surface area contributed by atoms with Crippen molar-refractivity contribution in [1.82, 2.24) is 10.5 Å². The highest BCUT2D eigenvalue weighted by Gasteiger charge is 2.27. The fraction of sp³-hybridized carbons (Fsp3) is 0.714.